The van der Waals surface area contributed by atoms with Gasteiger partial charge in [-0.2, -0.15) is 4.98 Å². The van der Waals surface area contributed by atoms with Gasteiger partial charge in [0, 0.05) is 17.1 Å². The molecule has 0 saturated carbocycles. The summed E-state index contributed by atoms with van der Waals surface area (Å²) >= 11 is 5.86. The molecule has 0 aliphatic carbocycles. The van der Waals surface area contributed by atoms with Gasteiger partial charge >= 0.3 is 0 Å². The van der Waals surface area contributed by atoms with Gasteiger partial charge in [0.25, 0.3) is 0 Å². The summed E-state index contributed by atoms with van der Waals surface area (Å²) in [6.07, 6.45) is 1.80. The van der Waals surface area contributed by atoms with E-state index in [9.17, 15) is 4.79 Å². The number of hydrogen-bond donors (Lipinski definition) is 1. The van der Waals surface area contributed by atoms with Gasteiger partial charge in [-0.1, -0.05) is 16.8 Å². The van der Waals surface area contributed by atoms with Gasteiger partial charge in [-0.3, -0.25) is 9.69 Å². The van der Waals surface area contributed by atoms with E-state index in [0.717, 1.165) is 24.9 Å². The minimum atomic E-state index is -0.239. The number of carbonyl (C=O) groups excluding carboxylic acids is 1. The van der Waals surface area contributed by atoms with Gasteiger partial charge in [0.2, 0.25) is 17.6 Å². The monoisotopic (exact) mass is 320 g/mol. The highest BCUT2D eigenvalue weighted by Crippen LogP contribution is 2.21. The fourth-order valence-electron chi connectivity index (χ4n) is 2.66. The van der Waals surface area contributed by atoms with Gasteiger partial charge < -0.3 is 10.3 Å². The molecule has 3 rings (SSSR count). The number of aromatic nitrogens is 2. The van der Waals surface area contributed by atoms with Crippen LogP contribution in [-0.2, 0) is 11.3 Å². The lowest BCUT2D eigenvalue weighted by molar-refractivity contribution is -0.123. The zero-order valence-electron chi connectivity index (χ0n) is 12.0. The smallest absolute Gasteiger partial charge is 0.241 e. The molecule has 1 aliphatic heterocycles. The third kappa shape index (κ3) is 3.45. The van der Waals surface area contributed by atoms with Crippen LogP contribution in [0, 0.1) is 5.92 Å². The molecular weight excluding hydrogens is 304 g/mol. The molecule has 2 aromatic rings. The molecule has 116 valence electrons. The Morgan fingerprint density at radius 2 is 2.18 bits per heavy atom. The Balaban J connectivity index is 1.66. The normalized spacial score (nSPS) is 19.2. The second-order valence-electron chi connectivity index (χ2n) is 5.50. The molecule has 2 heterocycles. The molecule has 1 saturated heterocycles. The van der Waals surface area contributed by atoms with E-state index in [1.807, 2.05) is 12.1 Å². The van der Waals surface area contributed by atoms with Gasteiger partial charge in [-0.05, 0) is 43.7 Å². The van der Waals surface area contributed by atoms with Crippen LogP contribution in [0.25, 0.3) is 11.4 Å². The number of nitrogens with zero attached hydrogens (tertiary/aromatic N) is 3. The van der Waals surface area contributed by atoms with Gasteiger partial charge in [0.15, 0.2) is 0 Å². The van der Waals surface area contributed by atoms with Crippen LogP contribution in [0.1, 0.15) is 18.7 Å². The van der Waals surface area contributed by atoms with E-state index in [2.05, 4.69) is 15.0 Å². The van der Waals surface area contributed by atoms with Gasteiger partial charge in [0.1, 0.15) is 0 Å². The highest BCUT2D eigenvalue weighted by Gasteiger charge is 2.25. The summed E-state index contributed by atoms with van der Waals surface area (Å²) in [5.41, 5.74) is 6.24. The number of hydrogen-bond acceptors (Lipinski definition) is 5. The fourth-order valence-corrected chi connectivity index (χ4v) is 2.78. The first-order valence-corrected chi connectivity index (χ1v) is 7.60. The van der Waals surface area contributed by atoms with Crippen molar-refractivity contribution in [2.75, 3.05) is 13.1 Å². The van der Waals surface area contributed by atoms with Crippen LogP contribution in [0.4, 0.5) is 0 Å². The first kappa shape index (κ1) is 15.0. The molecule has 22 heavy (non-hydrogen) atoms. The van der Waals surface area contributed by atoms with E-state index in [1.54, 1.807) is 12.1 Å². The van der Waals surface area contributed by atoms with Crippen molar-refractivity contribution >= 4 is 17.5 Å². The van der Waals surface area contributed by atoms with Crippen molar-refractivity contribution < 1.29 is 9.32 Å². The van der Waals surface area contributed by atoms with E-state index in [-0.39, 0.29) is 11.8 Å². The lowest BCUT2D eigenvalue weighted by atomic mass is 9.97. The van der Waals surface area contributed by atoms with Gasteiger partial charge in [-0.15, -0.1) is 0 Å². The molecule has 1 aliphatic rings. The number of benzene rings is 1. The van der Waals surface area contributed by atoms with Gasteiger partial charge in [0.05, 0.1) is 12.5 Å². The first-order chi connectivity index (χ1) is 10.6. The molecular formula is C15H17ClN4O2. The lowest BCUT2D eigenvalue weighted by Crippen LogP contribution is -2.40. The Kier molecular flexibility index (Phi) is 4.40. The van der Waals surface area contributed by atoms with E-state index < -0.39 is 0 Å². The van der Waals surface area contributed by atoms with E-state index in [1.165, 1.54) is 0 Å². The minimum Gasteiger partial charge on any atom is -0.369 e. The predicted molar refractivity (Wildman–Crippen MR) is 81.9 cm³/mol. The third-order valence-corrected chi connectivity index (χ3v) is 4.09. The second-order valence-corrected chi connectivity index (χ2v) is 5.93. The molecule has 1 aromatic carbocycles. The lowest BCUT2D eigenvalue weighted by Gasteiger charge is -2.29. The maximum Gasteiger partial charge on any atom is 0.241 e. The van der Waals surface area contributed by atoms with E-state index >= 15 is 0 Å². The Hall–Kier alpha value is -1.92. The van der Waals surface area contributed by atoms with Crippen LogP contribution >= 0.6 is 11.6 Å². The number of primary amides is 1. The molecule has 1 amide bonds. The second kappa shape index (κ2) is 6.46. The Labute approximate surface area is 133 Å². The molecule has 0 spiro atoms. The molecule has 1 atom stereocenters. The fraction of sp³-hybridized carbons (Fsp3) is 0.400. The van der Waals surface area contributed by atoms with Crippen LogP contribution in [0.15, 0.2) is 28.8 Å². The SMILES string of the molecule is NC(=O)C1CCCN(Cc2nc(-c3ccc(Cl)cc3)no2)C1. The summed E-state index contributed by atoms with van der Waals surface area (Å²) in [7, 11) is 0. The molecule has 7 heteroatoms. The summed E-state index contributed by atoms with van der Waals surface area (Å²) in [5, 5.41) is 4.65. The highest BCUT2D eigenvalue weighted by molar-refractivity contribution is 6.30. The first-order valence-electron chi connectivity index (χ1n) is 7.22. The van der Waals surface area contributed by atoms with Crippen molar-refractivity contribution in [2.45, 2.75) is 19.4 Å². The molecule has 1 aromatic heterocycles. The van der Waals surface area contributed by atoms with Crippen LogP contribution in [0.2, 0.25) is 5.02 Å². The zero-order chi connectivity index (χ0) is 15.5. The number of carbonyl (C=O) groups is 1. The average molecular weight is 321 g/mol. The van der Waals surface area contributed by atoms with E-state index in [0.29, 0.717) is 29.8 Å². The summed E-state index contributed by atoms with van der Waals surface area (Å²) in [5.74, 6) is 0.745. The van der Waals surface area contributed by atoms with Crippen LogP contribution < -0.4 is 5.73 Å². The Morgan fingerprint density at radius 3 is 2.91 bits per heavy atom. The van der Waals surface area contributed by atoms with E-state index in [4.69, 9.17) is 21.9 Å². The summed E-state index contributed by atoms with van der Waals surface area (Å²) < 4.78 is 5.30. The van der Waals surface area contributed by atoms with Crippen LogP contribution in [-0.4, -0.2) is 34.0 Å². The molecule has 1 unspecified atom stereocenters. The summed E-state index contributed by atoms with van der Waals surface area (Å²) in [4.78, 5) is 17.8. The number of piperidine rings is 1. The number of rotatable bonds is 4. The number of nitrogens with two attached hydrogens (primary N) is 1. The van der Waals surface area contributed by atoms with Crippen molar-refractivity contribution in [1.82, 2.24) is 15.0 Å². The topological polar surface area (TPSA) is 85.3 Å². The molecule has 2 N–H and O–H groups in total. The quantitative estimate of drug-likeness (QED) is 0.932. The van der Waals surface area contributed by atoms with Gasteiger partial charge in [-0.25, -0.2) is 0 Å². The number of amides is 1. The zero-order valence-corrected chi connectivity index (χ0v) is 12.8. The predicted octanol–water partition coefficient (Wildman–Crippen LogP) is 2.09. The third-order valence-electron chi connectivity index (χ3n) is 3.84. The molecule has 1 fully saturated rings. The summed E-state index contributed by atoms with van der Waals surface area (Å²) in [6.45, 7) is 2.08. The Bertz CT molecular complexity index is 656. The molecule has 6 nitrogen and oxygen atoms in total. The largest absolute Gasteiger partial charge is 0.369 e. The van der Waals surface area contributed by atoms with Crippen LogP contribution in [0.5, 0.6) is 0 Å². The number of halogens is 1. The maximum absolute atomic E-state index is 11.3. The number of likely N-dealkylation sites (tertiary alicyclic amines) is 1. The van der Waals surface area contributed by atoms with Crippen molar-refractivity contribution in [3.05, 3.63) is 35.2 Å². The minimum absolute atomic E-state index is 0.0904. The van der Waals surface area contributed by atoms with Crippen molar-refractivity contribution in [3.8, 4) is 11.4 Å². The van der Waals surface area contributed by atoms with Crippen molar-refractivity contribution in [1.29, 1.82) is 0 Å². The molecule has 0 radical (unpaired) electrons. The van der Waals surface area contributed by atoms with Crippen molar-refractivity contribution in [2.24, 2.45) is 11.7 Å². The summed E-state index contributed by atoms with van der Waals surface area (Å²) in [6, 6.07) is 7.27. The standard InChI is InChI=1S/C15H17ClN4O2/c16-12-5-3-10(4-6-12)15-18-13(22-19-15)9-20-7-1-2-11(8-20)14(17)21/h3-6,11H,1-2,7-9H2,(H2,17,21). The average Bonchev–Trinajstić information content (AvgIpc) is 2.96. The highest BCUT2D eigenvalue weighted by atomic mass is 35.5. The van der Waals surface area contributed by atoms with Crippen molar-refractivity contribution in [3.63, 3.8) is 0 Å². The maximum atomic E-state index is 11.3. The Morgan fingerprint density at radius 1 is 1.41 bits per heavy atom. The molecule has 0 bridgehead atoms. The van der Waals surface area contributed by atoms with Crippen LogP contribution in [0.3, 0.4) is 0 Å².